The Morgan fingerprint density at radius 2 is 1.64 bits per heavy atom. The van der Waals surface area contributed by atoms with Gasteiger partial charge in [0.15, 0.2) is 0 Å². The molecule has 2 aromatic rings. The van der Waals surface area contributed by atoms with Gasteiger partial charge in [0.25, 0.3) is 0 Å². The van der Waals surface area contributed by atoms with Crippen LogP contribution in [-0.2, 0) is 29.2 Å². The van der Waals surface area contributed by atoms with Crippen molar-refractivity contribution in [2.24, 2.45) is 0 Å². The van der Waals surface area contributed by atoms with Crippen LogP contribution in [0.4, 0.5) is 13.2 Å². The van der Waals surface area contributed by atoms with Crippen LogP contribution in [0, 0.1) is 0 Å². The van der Waals surface area contributed by atoms with Crippen LogP contribution < -0.4 is 4.74 Å². The third-order valence-electron chi connectivity index (χ3n) is 4.04. The van der Waals surface area contributed by atoms with E-state index in [9.17, 15) is 21.6 Å². The monoisotopic (exact) mass is 371 g/mol. The largest absolute Gasteiger partial charge is 0.457 e. The van der Waals surface area contributed by atoms with Gasteiger partial charge in [-0.2, -0.15) is 17.5 Å². The Kier molecular flexibility index (Phi) is 4.51. The highest BCUT2D eigenvalue weighted by molar-refractivity contribution is 7.88. The molecule has 0 N–H and O–H groups in total. The fourth-order valence-corrected chi connectivity index (χ4v) is 3.50. The molecule has 4 nitrogen and oxygen atoms in total. The predicted molar refractivity (Wildman–Crippen MR) is 86.9 cm³/mol. The zero-order chi connectivity index (χ0) is 18.2. The number of alkyl halides is 3. The lowest BCUT2D eigenvalue weighted by Gasteiger charge is -2.27. The number of benzene rings is 2. The maximum atomic E-state index is 12.6. The summed E-state index contributed by atoms with van der Waals surface area (Å²) < 4.78 is 68.1. The van der Waals surface area contributed by atoms with Crippen molar-refractivity contribution in [3.05, 3.63) is 59.2 Å². The Balaban J connectivity index is 1.79. The molecule has 25 heavy (non-hydrogen) atoms. The molecule has 0 aliphatic carbocycles. The minimum atomic E-state index is -4.39. The molecule has 0 spiro atoms. The summed E-state index contributed by atoms with van der Waals surface area (Å²) >= 11 is 0. The molecule has 0 radical (unpaired) electrons. The molecule has 0 atom stereocenters. The van der Waals surface area contributed by atoms with Crippen LogP contribution in [0.15, 0.2) is 42.5 Å². The van der Waals surface area contributed by atoms with E-state index in [-0.39, 0.29) is 12.3 Å². The lowest BCUT2D eigenvalue weighted by Crippen LogP contribution is -2.35. The van der Waals surface area contributed by atoms with Crippen molar-refractivity contribution in [2.45, 2.75) is 19.1 Å². The maximum Gasteiger partial charge on any atom is 0.416 e. The van der Waals surface area contributed by atoms with E-state index in [1.165, 1.54) is 22.7 Å². The summed E-state index contributed by atoms with van der Waals surface area (Å²) in [6.07, 6.45) is -2.61. The molecule has 0 aromatic heterocycles. The minimum absolute atomic E-state index is 0.262. The van der Waals surface area contributed by atoms with Crippen molar-refractivity contribution in [1.29, 1.82) is 0 Å². The van der Waals surface area contributed by atoms with Gasteiger partial charge in [0.2, 0.25) is 10.0 Å². The van der Waals surface area contributed by atoms with Gasteiger partial charge in [-0.15, -0.1) is 0 Å². The second kappa shape index (κ2) is 6.34. The highest BCUT2D eigenvalue weighted by Crippen LogP contribution is 2.32. The number of nitrogens with zero attached hydrogens (tertiary/aromatic N) is 1. The van der Waals surface area contributed by atoms with Crippen molar-refractivity contribution in [1.82, 2.24) is 4.31 Å². The second-order valence-electron chi connectivity index (χ2n) is 5.90. The summed E-state index contributed by atoms with van der Waals surface area (Å²) in [7, 11) is -3.27. The summed E-state index contributed by atoms with van der Waals surface area (Å²) in [5, 5.41) is 0. The van der Waals surface area contributed by atoms with Gasteiger partial charge in [-0.05, 0) is 53.9 Å². The molecule has 134 valence electrons. The van der Waals surface area contributed by atoms with Gasteiger partial charge in [-0.3, -0.25) is 0 Å². The quantitative estimate of drug-likeness (QED) is 0.824. The van der Waals surface area contributed by atoms with Gasteiger partial charge >= 0.3 is 6.18 Å². The fraction of sp³-hybridized carbons (Fsp3) is 0.294. The van der Waals surface area contributed by atoms with E-state index < -0.39 is 21.8 Å². The highest BCUT2D eigenvalue weighted by atomic mass is 32.2. The Hall–Kier alpha value is -2.06. The summed E-state index contributed by atoms with van der Waals surface area (Å²) in [5.41, 5.74) is 1.13. The molecule has 0 fully saturated rings. The van der Waals surface area contributed by atoms with Crippen LogP contribution in [-0.4, -0.2) is 25.5 Å². The molecule has 1 aliphatic rings. The van der Waals surface area contributed by atoms with E-state index in [1.54, 1.807) is 12.1 Å². The van der Waals surface area contributed by atoms with E-state index in [0.717, 1.165) is 23.3 Å². The molecule has 3 rings (SSSR count). The molecule has 0 amide bonds. The first-order valence-corrected chi connectivity index (χ1v) is 9.40. The molecular weight excluding hydrogens is 355 g/mol. The Labute approximate surface area is 143 Å². The molecule has 8 heteroatoms. The van der Waals surface area contributed by atoms with Crippen LogP contribution >= 0.6 is 0 Å². The topological polar surface area (TPSA) is 46.6 Å². The van der Waals surface area contributed by atoms with E-state index in [1.807, 2.05) is 6.07 Å². The van der Waals surface area contributed by atoms with Gasteiger partial charge in [0.05, 0.1) is 11.8 Å². The number of hydrogen-bond donors (Lipinski definition) is 0. The van der Waals surface area contributed by atoms with Crippen LogP contribution in [0.25, 0.3) is 0 Å². The molecule has 0 unspecified atom stereocenters. The Morgan fingerprint density at radius 3 is 2.24 bits per heavy atom. The van der Waals surface area contributed by atoms with Crippen LogP contribution in [0.5, 0.6) is 11.5 Å². The SMILES string of the molecule is CS(=O)(=O)N1CCc2ccc(Oc3ccc(C(F)(F)F)cc3)cc2C1. The van der Waals surface area contributed by atoms with E-state index in [2.05, 4.69) is 0 Å². The zero-order valence-electron chi connectivity index (χ0n) is 13.4. The number of fused-ring (bicyclic) bond motifs is 1. The molecule has 2 aromatic carbocycles. The lowest BCUT2D eigenvalue weighted by molar-refractivity contribution is -0.137. The van der Waals surface area contributed by atoms with Crippen molar-refractivity contribution in [3.63, 3.8) is 0 Å². The molecule has 0 saturated carbocycles. The zero-order valence-corrected chi connectivity index (χ0v) is 14.2. The number of ether oxygens (including phenoxy) is 1. The maximum absolute atomic E-state index is 12.6. The number of sulfonamides is 1. The van der Waals surface area contributed by atoms with Crippen LogP contribution in [0.3, 0.4) is 0 Å². The van der Waals surface area contributed by atoms with E-state index in [4.69, 9.17) is 4.74 Å². The summed E-state index contributed by atoms with van der Waals surface area (Å²) in [5.74, 6) is 0.734. The predicted octanol–water partition coefficient (Wildman–Crippen LogP) is 3.82. The highest BCUT2D eigenvalue weighted by Gasteiger charge is 2.30. The summed E-state index contributed by atoms with van der Waals surface area (Å²) in [6, 6.07) is 9.74. The van der Waals surface area contributed by atoms with Crippen molar-refractivity contribution in [3.8, 4) is 11.5 Å². The molecule has 0 saturated heterocycles. The smallest absolute Gasteiger partial charge is 0.416 e. The van der Waals surface area contributed by atoms with Crippen molar-refractivity contribution >= 4 is 10.0 Å². The van der Waals surface area contributed by atoms with Crippen molar-refractivity contribution in [2.75, 3.05) is 12.8 Å². The molecule has 1 heterocycles. The van der Waals surface area contributed by atoms with Gasteiger partial charge in [-0.1, -0.05) is 6.07 Å². The van der Waals surface area contributed by atoms with Crippen molar-refractivity contribution < 1.29 is 26.3 Å². The summed E-state index contributed by atoms with van der Waals surface area (Å²) in [4.78, 5) is 0. The number of hydrogen-bond acceptors (Lipinski definition) is 3. The van der Waals surface area contributed by atoms with Gasteiger partial charge in [0.1, 0.15) is 11.5 Å². The minimum Gasteiger partial charge on any atom is -0.457 e. The molecule has 0 bridgehead atoms. The normalized spacial score (nSPS) is 15.7. The third kappa shape index (κ3) is 4.13. The molecule has 1 aliphatic heterocycles. The first-order valence-electron chi connectivity index (χ1n) is 7.55. The first kappa shape index (κ1) is 17.8. The van der Waals surface area contributed by atoms with Gasteiger partial charge in [0, 0.05) is 13.1 Å². The van der Waals surface area contributed by atoms with Gasteiger partial charge < -0.3 is 4.74 Å². The summed E-state index contributed by atoms with van der Waals surface area (Å²) in [6.45, 7) is 0.698. The lowest BCUT2D eigenvalue weighted by atomic mass is 10.0. The Bertz CT molecular complexity index is 877. The van der Waals surface area contributed by atoms with Crippen LogP contribution in [0.1, 0.15) is 16.7 Å². The third-order valence-corrected chi connectivity index (χ3v) is 5.29. The van der Waals surface area contributed by atoms with E-state index >= 15 is 0 Å². The first-order chi connectivity index (χ1) is 11.6. The van der Waals surface area contributed by atoms with E-state index in [0.29, 0.717) is 18.7 Å². The molecular formula is C17H16F3NO3S. The van der Waals surface area contributed by atoms with Crippen LogP contribution in [0.2, 0.25) is 0 Å². The average molecular weight is 371 g/mol. The second-order valence-corrected chi connectivity index (χ2v) is 7.88. The number of rotatable bonds is 3. The average Bonchev–Trinajstić information content (AvgIpc) is 2.53. The van der Waals surface area contributed by atoms with Gasteiger partial charge in [-0.25, -0.2) is 8.42 Å². The Morgan fingerprint density at radius 1 is 1.00 bits per heavy atom. The standard InChI is InChI=1S/C17H16F3NO3S/c1-25(22,23)21-9-8-12-2-5-16(10-13(12)11-21)24-15-6-3-14(4-7-15)17(18,19)20/h2-7,10H,8-9,11H2,1H3. The fourth-order valence-electron chi connectivity index (χ4n) is 2.70. The number of halogens is 3.